The zero-order chi connectivity index (χ0) is 8.20. The summed E-state index contributed by atoms with van der Waals surface area (Å²) in [6, 6.07) is 0. The summed E-state index contributed by atoms with van der Waals surface area (Å²) in [7, 11) is 2.14. The van der Waals surface area contributed by atoms with E-state index in [-0.39, 0.29) is 9.52 Å². The highest BCUT2D eigenvalue weighted by atomic mass is 28.2. The van der Waals surface area contributed by atoms with Crippen molar-refractivity contribution in [2.24, 2.45) is 0 Å². The first-order valence-corrected chi connectivity index (χ1v) is 5.62. The van der Waals surface area contributed by atoms with E-state index in [4.69, 9.17) is 0 Å². The van der Waals surface area contributed by atoms with Crippen LogP contribution in [-0.2, 0) is 0 Å². The molecule has 1 N–H and O–H groups in total. The summed E-state index contributed by atoms with van der Waals surface area (Å²) in [5.41, 5.74) is 0.935. The standard InChI is InChI=1S/C8H21NSi/c1-7(6-9-5)10-8(2,3)4/h7,9H,6,10H2,1-5H3. The van der Waals surface area contributed by atoms with Crippen LogP contribution in [0.15, 0.2) is 0 Å². The minimum atomic E-state index is 0.101. The molecule has 0 bridgehead atoms. The lowest BCUT2D eigenvalue weighted by Gasteiger charge is -2.21. The van der Waals surface area contributed by atoms with Crippen molar-refractivity contribution in [3.63, 3.8) is 0 Å². The highest BCUT2D eigenvalue weighted by Gasteiger charge is 2.14. The van der Waals surface area contributed by atoms with Gasteiger partial charge in [0.15, 0.2) is 0 Å². The van der Waals surface area contributed by atoms with E-state index < -0.39 is 0 Å². The molecule has 10 heavy (non-hydrogen) atoms. The van der Waals surface area contributed by atoms with Crippen LogP contribution in [0.3, 0.4) is 0 Å². The Kier molecular flexibility index (Phi) is 4.21. The van der Waals surface area contributed by atoms with E-state index in [1.807, 2.05) is 7.05 Å². The fraction of sp³-hybridized carbons (Fsp3) is 1.00. The van der Waals surface area contributed by atoms with Gasteiger partial charge in [0.25, 0.3) is 0 Å². The van der Waals surface area contributed by atoms with Crippen LogP contribution in [0, 0.1) is 0 Å². The Morgan fingerprint density at radius 1 is 1.40 bits per heavy atom. The summed E-state index contributed by atoms with van der Waals surface area (Å²) >= 11 is 0. The van der Waals surface area contributed by atoms with E-state index in [1.54, 1.807) is 0 Å². The lowest BCUT2D eigenvalue weighted by atomic mass is 10.2. The number of rotatable bonds is 3. The van der Waals surface area contributed by atoms with Crippen LogP contribution >= 0.6 is 0 Å². The molecule has 0 aliphatic rings. The van der Waals surface area contributed by atoms with E-state index in [0.717, 1.165) is 5.54 Å². The highest BCUT2D eigenvalue weighted by Crippen LogP contribution is 2.25. The fourth-order valence-corrected chi connectivity index (χ4v) is 3.99. The SMILES string of the molecule is CNCC(C)[SiH2]C(C)(C)C. The smallest absolute Gasteiger partial charge is 0.0305 e. The third-order valence-corrected chi connectivity index (χ3v) is 3.72. The molecule has 1 unspecified atom stereocenters. The fourth-order valence-electron chi connectivity index (χ4n) is 1.47. The van der Waals surface area contributed by atoms with Crippen LogP contribution in [0.25, 0.3) is 0 Å². The summed E-state index contributed by atoms with van der Waals surface area (Å²) in [5.74, 6) is 0. The lowest BCUT2D eigenvalue weighted by Crippen LogP contribution is -2.21. The highest BCUT2D eigenvalue weighted by molar-refractivity contribution is 6.41. The molecule has 0 radical (unpaired) electrons. The van der Waals surface area contributed by atoms with Gasteiger partial charge in [-0.1, -0.05) is 27.7 Å². The minimum absolute atomic E-state index is 0.101. The summed E-state index contributed by atoms with van der Waals surface area (Å²) in [6.45, 7) is 10.6. The molecule has 0 spiro atoms. The van der Waals surface area contributed by atoms with Crippen molar-refractivity contribution in [1.29, 1.82) is 0 Å². The van der Waals surface area contributed by atoms with Gasteiger partial charge in [-0.15, -0.1) is 0 Å². The Hall–Kier alpha value is 0.177. The van der Waals surface area contributed by atoms with Gasteiger partial charge in [-0.2, -0.15) is 0 Å². The predicted octanol–water partition coefficient (Wildman–Crippen LogP) is 1.40. The van der Waals surface area contributed by atoms with Crippen molar-refractivity contribution >= 4 is 9.52 Å². The van der Waals surface area contributed by atoms with Gasteiger partial charge < -0.3 is 5.32 Å². The molecule has 0 saturated heterocycles. The quantitative estimate of drug-likeness (QED) is 0.614. The molecule has 0 amide bonds. The van der Waals surface area contributed by atoms with Gasteiger partial charge in [-0.05, 0) is 24.2 Å². The molecule has 2 heteroatoms. The number of hydrogen-bond acceptors (Lipinski definition) is 1. The summed E-state index contributed by atoms with van der Waals surface area (Å²) in [4.78, 5) is 0. The second kappa shape index (κ2) is 4.14. The van der Waals surface area contributed by atoms with Gasteiger partial charge in [0.05, 0.1) is 0 Å². The first-order valence-electron chi connectivity index (χ1n) is 4.10. The maximum Gasteiger partial charge on any atom is 0.0305 e. The Morgan fingerprint density at radius 2 is 1.90 bits per heavy atom. The van der Waals surface area contributed by atoms with Crippen LogP contribution in [0.5, 0.6) is 0 Å². The summed E-state index contributed by atoms with van der Waals surface area (Å²) in [6.07, 6.45) is 0. The third kappa shape index (κ3) is 6.30. The molecular weight excluding hydrogens is 138 g/mol. The predicted molar refractivity (Wildman–Crippen MR) is 51.6 cm³/mol. The Balaban J connectivity index is 3.47. The Bertz CT molecular complexity index is 85.7. The van der Waals surface area contributed by atoms with Gasteiger partial charge in [0.1, 0.15) is 0 Å². The van der Waals surface area contributed by atoms with Crippen LogP contribution in [0.2, 0.25) is 10.6 Å². The van der Waals surface area contributed by atoms with Gasteiger partial charge >= 0.3 is 0 Å². The van der Waals surface area contributed by atoms with Gasteiger partial charge in [0.2, 0.25) is 0 Å². The molecule has 0 saturated carbocycles. The topological polar surface area (TPSA) is 12.0 Å². The van der Waals surface area contributed by atoms with Crippen LogP contribution < -0.4 is 5.32 Å². The van der Waals surface area contributed by atoms with Gasteiger partial charge in [-0.25, -0.2) is 0 Å². The van der Waals surface area contributed by atoms with E-state index in [9.17, 15) is 0 Å². The zero-order valence-corrected chi connectivity index (χ0v) is 9.41. The van der Waals surface area contributed by atoms with E-state index in [0.29, 0.717) is 5.04 Å². The minimum Gasteiger partial charge on any atom is -0.320 e. The second-order valence-electron chi connectivity index (χ2n) is 4.43. The maximum atomic E-state index is 3.22. The van der Waals surface area contributed by atoms with Gasteiger partial charge in [-0.3, -0.25) is 0 Å². The molecule has 0 rings (SSSR count). The third-order valence-electron chi connectivity index (χ3n) is 1.51. The number of nitrogens with one attached hydrogen (secondary N) is 1. The first kappa shape index (κ1) is 10.2. The average molecular weight is 159 g/mol. The van der Waals surface area contributed by atoms with Gasteiger partial charge in [0, 0.05) is 9.52 Å². The van der Waals surface area contributed by atoms with Crippen LogP contribution in [-0.4, -0.2) is 23.1 Å². The molecule has 62 valence electrons. The van der Waals surface area contributed by atoms with E-state index in [1.165, 1.54) is 6.54 Å². The van der Waals surface area contributed by atoms with Crippen molar-refractivity contribution in [3.8, 4) is 0 Å². The average Bonchev–Trinajstić information content (AvgIpc) is 1.59. The van der Waals surface area contributed by atoms with E-state index in [2.05, 4.69) is 33.0 Å². The molecule has 0 aromatic heterocycles. The molecule has 0 aliphatic heterocycles. The second-order valence-corrected chi connectivity index (χ2v) is 8.35. The largest absolute Gasteiger partial charge is 0.320 e. The van der Waals surface area contributed by atoms with Crippen molar-refractivity contribution in [3.05, 3.63) is 0 Å². The summed E-state index contributed by atoms with van der Waals surface area (Å²) < 4.78 is 0. The van der Waals surface area contributed by atoms with E-state index >= 15 is 0 Å². The maximum absolute atomic E-state index is 3.22. The monoisotopic (exact) mass is 159 g/mol. The normalized spacial score (nSPS) is 16.5. The molecule has 0 heterocycles. The van der Waals surface area contributed by atoms with Crippen LogP contribution in [0.4, 0.5) is 0 Å². The molecule has 1 nitrogen and oxygen atoms in total. The molecule has 0 fully saturated rings. The lowest BCUT2D eigenvalue weighted by molar-refractivity contribution is 0.699. The number of hydrogen-bond donors (Lipinski definition) is 1. The van der Waals surface area contributed by atoms with Crippen molar-refractivity contribution in [1.82, 2.24) is 5.32 Å². The first-order chi connectivity index (χ1) is 4.45. The van der Waals surface area contributed by atoms with Crippen molar-refractivity contribution < 1.29 is 0 Å². The van der Waals surface area contributed by atoms with Crippen LogP contribution in [0.1, 0.15) is 27.7 Å². The molecular formula is C8H21NSi. The Labute approximate surface area is 67.4 Å². The molecule has 0 aliphatic carbocycles. The molecule has 0 aromatic rings. The zero-order valence-electron chi connectivity index (χ0n) is 7.99. The van der Waals surface area contributed by atoms with Crippen molar-refractivity contribution in [2.75, 3.05) is 13.6 Å². The molecule has 0 aromatic carbocycles. The molecule has 1 atom stereocenters. The van der Waals surface area contributed by atoms with Crippen molar-refractivity contribution in [2.45, 2.75) is 38.3 Å². The Morgan fingerprint density at radius 3 is 2.20 bits per heavy atom. The summed E-state index contributed by atoms with van der Waals surface area (Å²) in [5, 5.41) is 3.85.